The van der Waals surface area contributed by atoms with E-state index in [-0.39, 0.29) is 12.1 Å². The van der Waals surface area contributed by atoms with Gasteiger partial charge >= 0.3 is 0 Å². The molecule has 0 aliphatic carbocycles. The van der Waals surface area contributed by atoms with E-state index in [0.717, 1.165) is 0 Å². The lowest BCUT2D eigenvalue weighted by molar-refractivity contribution is -0.120. The summed E-state index contributed by atoms with van der Waals surface area (Å²) in [4.78, 5) is 23.5. The Morgan fingerprint density at radius 2 is 1.85 bits per heavy atom. The zero-order valence-corrected chi connectivity index (χ0v) is 14.3. The third-order valence-corrected chi connectivity index (χ3v) is 3.34. The summed E-state index contributed by atoms with van der Waals surface area (Å²) < 4.78 is 23.8. The molecule has 0 saturated heterocycles. The number of rotatable bonds is 7. The Morgan fingerprint density at radius 3 is 2.54 bits per heavy atom. The summed E-state index contributed by atoms with van der Waals surface area (Å²) in [5.74, 6) is -0.783. The quantitative estimate of drug-likeness (QED) is 0.582. The molecule has 0 spiro atoms. The molecule has 2 aromatic carbocycles. The van der Waals surface area contributed by atoms with Crippen LogP contribution in [0.4, 0.5) is 4.39 Å². The summed E-state index contributed by atoms with van der Waals surface area (Å²) in [6.45, 7) is -0.337. The van der Waals surface area contributed by atoms with Crippen molar-refractivity contribution in [3.8, 4) is 11.5 Å². The van der Waals surface area contributed by atoms with Crippen molar-refractivity contribution in [3.05, 3.63) is 59.4 Å². The molecule has 0 aliphatic rings. The van der Waals surface area contributed by atoms with E-state index in [0.29, 0.717) is 17.1 Å². The van der Waals surface area contributed by atoms with Crippen molar-refractivity contribution in [2.24, 2.45) is 5.10 Å². The molecule has 26 heavy (non-hydrogen) atoms. The molecule has 0 aliphatic heterocycles. The average Bonchev–Trinajstić information content (AvgIpc) is 2.66. The Balaban J connectivity index is 1.86. The van der Waals surface area contributed by atoms with Crippen LogP contribution >= 0.6 is 0 Å². The highest BCUT2D eigenvalue weighted by Gasteiger charge is 2.11. The number of hydrogen-bond acceptors (Lipinski definition) is 5. The van der Waals surface area contributed by atoms with Crippen LogP contribution in [0.2, 0.25) is 0 Å². The van der Waals surface area contributed by atoms with Crippen molar-refractivity contribution >= 4 is 18.0 Å². The Hall–Kier alpha value is -3.42. The molecule has 2 amide bonds. The molecule has 2 aromatic rings. The summed E-state index contributed by atoms with van der Waals surface area (Å²) in [6.07, 6.45) is 1.42. The minimum atomic E-state index is -0.679. The first-order valence-electron chi connectivity index (χ1n) is 7.61. The van der Waals surface area contributed by atoms with Gasteiger partial charge in [0.05, 0.1) is 32.5 Å². The monoisotopic (exact) mass is 359 g/mol. The fourth-order valence-electron chi connectivity index (χ4n) is 2.05. The highest BCUT2D eigenvalue weighted by molar-refractivity contribution is 5.96. The lowest BCUT2D eigenvalue weighted by Crippen LogP contribution is -2.35. The van der Waals surface area contributed by atoms with E-state index in [1.165, 1.54) is 44.7 Å². The number of nitrogens with one attached hydrogen (secondary N) is 2. The molecule has 2 N–H and O–H groups in total. The van der Waals surface area contributed by atoms with Gasteiger partial charge in [-0.2, -0.15) is 5.10 Å². The van der Waals surface area contributed by atoms with Crippen LogP contribution in [-0.2, 0) is 4.79 Å². The van der Waals surface area contributed by atoms with Crippen LogP contribution in [0.5, 0.6) is 11.5 Å². The van der Waals surface area contributed by atoms with Crippen LogP contribution in [0, 0.1) is 5.82 Å². The second-order valence-electron chi connectivity index (χ2n) is 5.07. The van der Waals surface area contributed by atoms with Gasteiger partial charge in [0.2, 0.25) is 0 Å². The number of halogens is 1. The van der Waals surface area contributed by atoms with Gasteiger partial charge in [-0.25, -0.2) is 9.82 Å². The first kappa shape index (κ1) is 18.9. The van der Waals surface area contributed by atoms with Gasteiger partial charge in [-0.05, 0) is 35.9 Å². The molecule has 8 heteroatoms. The van der Waals surface area contributed by atoms with Crippen molar-refractivity contribution in [1.29, 1.82) is 0 Å². The molecule has 7 nitrogen and oxygen atoms in total. The predicted octanol–water partition coefficient (Wildman–Crippen LogP) is 1.72. The molecular formula is C18H18FN3O4. The highest BCUT2D eigenvalue weighted by atomic mass is 19.1. The molecule has 0 aromatic heterocycles. The Morgan fingerprint density at radius 1 is 1.12 bits per heavy atom. The van der Waals surface area contributed by atoms with Gasteiger partial charge in [0.1, 0.15) is 5.82 Å². The molecule has 0 bridgehead atoms. The summed E-state index contributed by atoms with van der Waals surface area (Å²) in [7, 11) is 3.04. The van der Waals surface area contributed by atoms with Crippen molar-refractivity contribution in [2.75, 3.05) is 20.8 Å². The van der Waals surface area contributed by atoms with E-state index in [1.54, 1.807) is 18.2 Å². The number of methoxy groups -OCH3 is 2. The van der Waals surface area contributed by atoms with E-state index >= 15 is 0 Å². The maximum absolute atomic E-state index is 13.5. The van der Waals surface area contributed by atoms with E-state index in [2.05, 4.69) is 15.8 Å². The van der Waals surface area contributed by atoms with Crippen molar-refractivity contribution < 1.29 is 23.5 Å². The van der Waals surface area contributed by atoms with E-state index in [9.17, 15) is 14.0 Å². The van der Waals surface area contributed by atoms with Crippen LogP contribution in [0.1, 0.15) is 15.9 Å². The fourth-order valence-corrected chi connectivity index (χ4v) is 2.05. The molecule has 0 atom stereocenters. The lowest BCUT2D eigenvalue weighted by atomic mass is 10.2. The van der Waals surface area contributed by atoms with Crippen LogP contribution in [0.25, 0.3) is 0 Å². The standard InChI is InChI=1S/C18H18FN3O4/c1-25-15-8-7-12(9-16(15)26-2)10-21-22-17(23)11-20-18(24)13-5-3-4-6-14(13)19/h3-10H,11H2,1-2H3,(H,20,24)(H,22,23)/b21-10+. The van der Waals surface area contributed by atoms with Gasteiger partial charge in [0.15, 0.2) is 11.5 Å². The minimum Gasteiger partial charge on any atom is -0.493 e. The Labute approximate surface area is 149 Å². The van der Waals surface area contributed by atoms with Gasteiger partial charge < -0.3 is 14.8 Å². The van der Waals surface area contributed by atoms with E-state index in [4.69, 9.17) is 9.47 Å². The molecule has 0 radical (unpaired) electrons. The maximum atomic E-state index is 13.5. The van der Waals surface area contributed by atoms with Crippen LogP contribution in [0.15, 0.2) is 47.6 Å². The van der Waals surface area contributed by atoms with Gasteiger partial charge in [0, 0.05) is 0 Å². The number of ether oxygens (including phenoxy) is 2. The normalized spacial score (nSPS) is 10.4. The number of hydrogen-bond donors (Lipinski definition) is 2. The van der Waals surface area contributed by atoms with Crippen LogP contribution in [0.3, 0.4) is 0 Å². The van der Waals surface area contributed by atoms with Gasteiger partial charge in [-0.1, -0.05) is 12.1 Å². The third-order valence-electron chi connectivity index (χ3n) is 3.34. The second kappa shape index (κ2) is 9.16. The number of benzene rings is 2. The molecule has 2 rings (SSSR count). The minimum absolute atomic E-state index is 0.130. The fraction of sp³-hybridized carbons (Fsp3) is 0.167. The molecular weight excluding hydrogens is 341 g/mol. The Bertz CT molecular complexity index is 824. The van der Waals surface area contributed by atoms with Gasteiger partial charge in [-0.15, -0.1) is 0 Å². The predicted molar refractivity (Wildman–Crippen MR) is 94.0 cm³/mol. The first-order chi connectivity index (χ1) is 12.5. The topological polar surface area (TPSA) is 89.0 Å². The number of carbonyl (C=O) groups excluding carboxylic acids is 2. The highest BCUT2D eigenvalue weighted by Crippen LogP contribution is 2.26. The summed E-state index contributed by atoms with van der Waals surface area (Å²) in [5.41, 5.74) is 2.82. The largest absolute Gasteiger partial charge is 0.493 e. The van der Waals surface area contributed by atoms with Crippen molar-refractivity contribution in [3.63, 3.8) is 0 Å². The zero-order chi connectivity index (χ0) is 18.9. The third kappa shape index (κ3) is 5.04. The number of carbonyl (C=O) groups is 2. The smallest absolute Gasteiger partial charge is 0.259 e. The average molecular weight is 359 g/mol. The number of nitrogens with zero attached hydrogens (tertiary/aromatic N) is 1. The molecule has 0 fully saturated rings. The number of amides is 2. The molecule has 0 unspecified atom stereocenters. The zero-order valence-electron chi connectivity index (χ0n) is 14.3. The first-order valence-corrected chi connectivity index (χ1v) is 7.61. The van der Waals surface area contributed by atoms with Crippen molar-refractivity contribution in [1.82, 2.24) is 10.7 Å². The molecule has 0 heterocycles. The summed E-state index contributed by atoms with van der Waals surface area (Å²) in [5, 5.41) is 6.11. The SMILES string of the molecule is COc1ccc(/C=N/NC(=O)CNC(=O)c2ccccc2F)cc1OC. The summed E-state index contributed by atoms with van der Waals surface area (Å²) in [6, 6.07) is 10.6. The Kier molecular flexibility index (Phi) is 6.67. The molecule has 136 valence electrons. The maximum Gasteiger partial charge on any atom is 0.259 e. The lowest BCUT2D eigenvalue weighted by Gasteiger charge is -2.07. The molecule has 0 saturated carbocycles. The van der Waals surface area contributed by atoms with E-state index < -0.39 is 17.6 Å². The summed E-state index contributed by atoms with van der Waals surface area (Å²) >= 11 is 0. The van der Waals surface area contributed by atoms with Gasteiger partial charge in [-0.3, -0.25) is 9.59 Å². The second-order valence-corrected chi connectivity index (χ2v) is 5.07. The van der Waals surface area contributed by atoms with Crippen molar-refractivity contribution in [2.45, 2.75) is 0 Å². The van der Waals surface area contributed by atoms with Crippen LogP contribution < -0.4 is 20.2 Å². The van der Waals surface area contributed by atoms with Gasteiger partial charge in [0.25, 0.3) is 11.8 Å². The van der Waals surface area contributed by atoms with E-state index in [1.807, 2.05) is 0 Å². The number of hydrazone groups is 1. The van der Waals surface area contributed by atoms with Crippen LogP contribution in [-0.4, -0.2) is 38.8 Å².